The van der Waals surface area contributed by atoms with E-state index in [0.717, 1.165) is 45.1 Å². The third-order valence-electron chi connectivity index (χ3n) is 5.51. The number of carbonyl (C=O) groups excluding carboxylic acids is 1. The molecule has 1 aromatic rings. The maximum absolute atomic E-state index is 12.9. The second kappa shape index (κ2) is 8.04. The first-order chi connectivity index (χ1) is 12.8. The minimum absolute atomic E-state index is 0.0992. The van der Waals surface area contributed by atoms with Crippen LogP contribution in [0.15, 0.2) is 18.3 Å². The molecule has 0 spiro atoms. The van der Waals surface area contributed by atoms with Crippen molar-refractivity contribution in [3.05, 3.63) is 24.0 Å². The summed E-state index contributed by atoms with van der Waals surface area (Å²) in [4.78, 5) is 22.7. The lowest BCUT2D eigenvalue weighted by atomic mass is 10.1. The Labute approximate surface area is 158 Å². The van der Waals surface area contributed by atoms with Crippen LogP contribution in [-0.2, 0) is 11.0 Å². The third-order valence-corrected chi connectivity index (χ3v) is 5.51. The van der Waals surface area contributed by atoms with Crippen LogP contribution in [0.3, 0.4) is 0 Å². The van der Waals surface area contributed by atoms with Crippen LogP contribution in [0.4, 0.5) is 18.9 Å². The molecule has 150 valence electrons. The van der Waals surface area contributed by atoms with E-state index in [9.17, 15) is 18.0 Å². The second-order valence-corrected chi connectivity index (χ2v) is 7.64. The Kier molecular flexibility index (Phi) is 5.93. The van der Waals surface area contributed by atoms with Gasteiger partial charge >= 0.3 is 6.18 Å². The van der Waals surface area contributed by atoms with Crippen molar-refractivity contribution in [1.82, 2.24) is 14.8 Å². The standard InChI is InChI=1S/C19H27F3N4O/c1-14(2)24-7-3-8-25(11-10-24)18(27)15-6-9-26(13-15)16-4-5-17(23-12-16)19(20,21)22/h4-5,12,14-15H,3,6-11,13H2,1-2H3/t15-/m1/s1. The van der Waals surface area contributed by atoms with Gasteiger partial charge in [0, 0.05) is 45.3 Å². The summed E-state index contributed by atoms with van der Waals surface area (Å²) in [7, 11) is 0. The molecule has 0 unspecified atom stereocenters. The van der Waals surface area contributed by atoms with Crippen molar-refractivity contribution in [2.24, 2.45) is 5.92 Å². The number of hydrogen-bond donors (Lipinski definition) is 0. The molecule has 0 bridgehead atoms. The minimum atomic E-state index is -4.43. The van der Waals surface area contributed by atoms with E-state index in [0.29, 0.717) is 24.8 Å². The number of alkyl halides is 3. The van der Waals surface area contributed by atoms with Crippen molar-refractivity contribution in [2.75, 3.05) is 44.2 Å². The first kappa shape index (κ1) is 19.9. The lowest BCUT2D eigenvalue weighted by Crippen LogP contribution is -2.40. The van der Waals surface area contributed by atoms with Gasteiger partial charge in [0.25, 0.3) is 0 Å². The molecule has 27 heavy (non-hydrogen) atoms. The normalized spacial score (nSPS) is 22.4. The van der Waals surface area contributed by atoms with Gasteiger partial charge in [-0.05, 0) is 38.8 Å². The van der Waals surface area contributed by atoms with Gasteiger partial charge in [0.15, 0.2) is 0 Å². The van der Waals surface area contributed by atoms with Gasteiger partial charge in [0.2, 0.25) is 5.91 Å². The highest BCUT2D eigenvalue weighted by molar-refractivity contribution is 5.80. The average molecular weight is 384 g/mol. The smallest absolute Gasteiger partial charge is 0.369 e. The first-order valence-corrected chi connectivity index (χ1v) is 9.56. The van der Waals surface area contributed by atoms with Crippen LogP contribution < -0.4 is 4.90 Å². The predicted octanol–water partition coefficient (Wildman–Crippen LogP) is 2.87. The van der Waals surface area contributed by atoms with E-state index in [1.807, 2.05) is 9.80 Å². The monoisotopic (exact) mass is 384 g/mol. The maximum atomic E-state index is 12.9. The zero-order valence-corrected chi connectivity index (χ0v) is 15.9. The van der Waals surface area contributed by atoms with Crippen molar-refractivity contribution in [3.63, 3.8) is 0 Å². The molecule has 2 fully saturated rings. The van der Waals surface area contributed by atoms with E-state index >= 15 is 0 Å². The predicted molar refractivity (Wildman–Crippen MR) is 97.5 cm³/mol. The fourth-order valence-corrected chi connectivity index (χ4v) is 3.87. The van der Waals surface area contributed by atoms with Crippen molar-refractivity contribution in [3.8, 4) is 0 Å². The largest absolute Gasteiger partial charge is 0.433 e. The summed E-state index contributed by atoms with van der Waals surface area (Å²) in [5.74, 6) is 0.0702. The van der Waals surface area contributed by atoms with Crippen molar-refractivity contribution in [2.45, 2.75) is 38.9 Å². The lowest BCUT2D eigenvalue weighted by Gasteiger charge is -2.26. The summed E-state index contributed by atoms with van der Waals surface area (Å²) in [6, 6.07) is 2.92. The third kappa shape index (κ3) is 4.72. The van der Waals surface area contributed by atoms with E-state index in [4.69, 9.17) is 0 Å². The van der Waals surface area contributed by atoms with Crippen LogP contribution in [0.5, 0.6) is 0 Å². The summed E-state index contributed by atoms with van der Waals surface area (Å²) >= 11 is 0. The van der Waals surface area contributed by atoms with Gasteiger partial charge in [-0.3, -0.25) is 9.69 Å². The number of aromatic nitrogens is 1. The number of anilines is 1. The molecule has 1 atom stereocenters. The topological polar surface area (TPSA) is 39.7 Å². The molecule has 0 radical (unpaired) electrons. The molecule has 3 heterocycles. The molecule has 0 aliphatic carbocycles. The summed E-state index contributed by atoms with van der Waals surface area (Å²) < 4.78 is 38.0. The van der Waals surface area contributed by atoms with Gasteiger partial charge in [-0.2, -0.15) is 13.2 Å². The molecule has 2 aliphatic heterocycles. The Morgan fingerprint density at radius 2 is 1.93 bits per heavy atom. The molecule has 1 aromatic heterocycles. The Hall–Kier alpha value is -1.83. The highest BCUT2D eigenvalue weighted by Gasteiger charge is 2.34. The Bertz CT molecular complexity index is 647. The lowest BCUT2D eigenvalue weighted by molar-refractivity contribution is -0.141. The molecular weight excluding hydrogens is 357 g/mol. The summed E-state index contributed by atoms with van der Waals surface area (Å²) in [6.07, 6.45) is -1.48. The van der Waals surface area contributed by atoms with E-state index in [2.05, 4.69) is 23.7 Å². The molecule has 0 N–H and O–H groups in total. The molecule has 8 heteroatoms. The number of nitrogens with zero attached hydrogens (tertiary/aromatic N) is 4. The number of pyridine rings is 1. The van der Waals surface area contributed by atoms with Crippen LogP contribution >= 0.6 is 0 Å². The van der Waals surface area contributed by atoms with E-state index in [-0.39, 0.29) is 11.8 Å². The molecule has 5 nitrogen and oxygen atoms in total. The minimum Gasteiger partial charge on any atom is -0.369 e. The van der Waals surface area contributed by atoms with E-state index in [1.165, 1.54) is 12.3 Å². The number of carbonyl (C=O) groups is 1. The van der Waals surface area contributed by atoms with Crippen LogP contribution in [0.2, 0.25) is 0 Å². The van der Waals surface area contributed by atoms with Crippen molar-refractivity contribution in [1.29, 1.82) is 0 Å². The van der Waals surface area contributed by atoms with Gasteiger partial charge in [-0.15, -0.1) is 0 Å². The zero-order valence-electron chi connectivity index (χ0n) is 15.9. The summed E-state index contributed by atoms with van der Waals surface area (Å²) in [6.45, 7) is 8.97. The Balaban J connectivity index is 1.58. The molecular formula is C19H27F3N4O. The van der Waals surface area contributed by atoms with Gasteiger partial charge in [0.1, 0.15) is 5.69 Å². The second-order valence-electron chi connectivity index (χ2n) is 7.64. The highest BCUT2D eigenvalue weighted by atomic mass is 19.4. The summed E-state index contributed by atoms with van der Waals surface area (Å²) in [5.41, 5.74) is -0.252. The van der Waals surface area contributed by atoms with Crippen LogP contribution in [0, 0.1) is 5.92 Å². The van der Waals surface area contributed by atoms with E-state index < -0.39 is 11.9 Å². The van der Waals surface area contributed by atoms with E-state index in [1.54, 1.807) is 0 Å². The maximum Gasteiger partial charge on any atom is 0.433 e. The van der Waals surface area contributed by atoms with Gasteiger partial charge < -0.3 is 9.80 Å². The fraction of sp³-hybridized carbons (Fsp3) is 0.684. The molecule has 1 amide bonds. The van der Waals surface area contributed by atoms with Crippen LogP contribution in [-0.4, -0.2) is 66.0 Å². The fourth-order valence-electron chi connectivity index (χ4n) is 3.87. The first-order valence-electron chi connectivity index (χ1n) is 9.56. The molecule has 2 aliphatic rings. The summed E-state index contributed by atoms with van der Waals surface area (Å²) in [5, 5.41) is 0. The quantitative estimate of drug-likeness (QED) is 0.804. The average Bonchev–Trinajstić information content (AvgIpc) is 2.98. The molecule has 2 saturated heterocycles. The number of amides is 1. The number of hydrogen-bond acceptors (Lipinski definition) is 4. The highest BCUT2D eigenvalue weighted by Crippen LogP contribution is 2.30. The number of halogens is 3. The Morgan fingerprint density at radius 3 is 2.56 bits per heavy atom. The zero-order chi connectivity index (χ0) is 19.6. The number of rotatable bonds is 3. The molecule has 3 rings (SSSR count). The molecule has 0 aromatic carbocycles. The van der Waals surface area contributed by atoms with Crippen molar-refractivity contribution < 1.29 is 18.0 Å². The van der Waals surface area contributed by atoms with Crippen LogP contribution in [0.25, 0.3) is 0 Å². The molecule has 0 saturated carbocycles. The van der Waals surface area contributed by atoms with Gasteiger partial charge in [-0.1, -0.05) is 0 Å². The van der Waals surface area contributed by atoms with Gasteiger partial charge in [0.05, 0.1) is 17.8 Å². The van der Waals surface area contributed by atoms with Crippen LogP contribution in [0.1, 0.15) is 32.4 Å². The SMILES string of the molecule is CC(C)N1CCCN(C(=O)[C@@H]2CCN(c3ccc(C(F)(F)F)nc3)C2)CC1. The Morgan fingerprint density at radius 1 is 1.15 bits per heavy atom. The van der Waals surface area contributed by atoms with Gasteiger partial charge in [-0.25, -0.2) is 4.98 Å². The van der Waals surface area contributed by atoms with Crippen molar-refractivity contribution >= 4 is 11.6 Å².